The number of nitrogens with zero attached hydrogens (tertiary/aromatic N) is 4. The van der Waals surface area contributed by atoms with E-state index in [0.29, 0.717) is 13.0 Å². The third-order valence-electron chi connectivity index (χ3n) is 4.83. The van der Waals surface area contributed by atoms with Crippen molar-refractivity contribution >= 4 is 17.7 Å². The van der Waals surface area contributed by atoms with Crippen LogP contribution in [0.3, 0.4) is 0 Å². The topological polar surface area (TPSA) is 63.1 Å². The molecule has 0 radical (unpaired) electrons. The molecule has 0 fully saturated rings. The summed E-state index contributed by atoms with van der Waals surface area (Å²) in [7, 11) is 4.01. The molecular formula is C24H31N5OS. The molecule has 0 spiro atoms. The normalized spacial score (nSPS) is 11.1. The fourth-order valence-corrected chi connectivity index (χ4v) is 4.15. The van der Waals surface area contributed by atoms with Gasteiger partial charge in [0.2, 0.25) is 5.91 Å². The van der Waals surface area contributed by atoms with Crippen LogP contribution < -0.4 is 5.32 Å². The van der Waals surface area contributed by atoms with Gasteiger partial charge in [-0.25, -0.2) is 0 Å². The summed E-state index contributed by atoms with van der Waals surface area (Å²) in [6.45, 7) is 1.56. The molecule has 1 N–H and O–H groups in total. The van der Waals surface area contributed by atoms with Crippen LogP contribution in [0.5, 0.6) is 0 Å². The molecule has 0 aliphatic carbocycles. The van der Waals surface area contributed by atoms with E-state index in [1.54, 1.807) is 11.8 Å². The van der Waals surface area contributed by atoms with Crippen molar-refractivity contribution in [2.75, 3.05) is 32.9 Å². The summed E-state index contributed by atoms with van der Waals surface area (Å²) in [5.74, 6) is 1.96. The number of amides is 1. The number of carbonyl (C=O) groups is 1. The molecule has 0 bridgehead atoms. The molecule has 0 saturated heterocycles. The van der Waals surface area contributed by atoms with Gasteiger partial charge >= 0.3 is 0 Å². The monoisotopic (exact) mass is 437 g/mol. The second-order valence-electron chi connectivity index (χ2n) is 7.69. The average Bonchev–Trinajstić information content (AvgIpc) is 3.17. The van der Waals surface area contributed by atoms with Crippen molar-refractivity contribution in [1.29, 1.82) is 0 Å². The van der Waals surface area contributed by atoms with Gasteiger partial charge < -0.3 is 10.2 Å². The first-order valence-corrected chi connectivity index (χ1v) is 11.7. The molecule has 0 aliphatic rings. The Bertz CT molecular complexity index is 928. The number of rotatable bonds is 12. The Balaban J connectivity index is 1.55. The molecule has 3 rings (SSSR count). The van der Waals surface area contributed by atoms with E-state index in [-0.39, 0.29) is 5.91 Å². The van der Waals surface area contributed by atoms with Crippen molar-refractivity contribution in [3.63, 3.8) is 0 Å². The van der Waals surface area contributed by atoms with E-state index in [0.717, 1.165) is 48.2 Å². The summed E-state index contributed by atoms with van der Waals surface area (Å²) >= 11 is 1.70. The number of nitrogens with one attached hydrogen (secondary N) is 1. The van der Waals surface area contributed by atoms with E-state index < -0.39 is 0 Å². The lowest BCUT2D eigenvalue weighted by atomic mass is 10.1. The van der Waals surface area contributed by atoms with Crippen molar-refractivity contribution in [1.82, 2.24) is 25.0 Å². The summed E-state index contributed by atoms with van der Waals surface area (Å²) in [4.78, 5) is 14.0. The minimum absolute atomic E-state index is 0.129. The summed E-state index contributed by atoms with van der Waals surface area (Å²) in [6, 6.07) is 20.6. The van der Waals surface area contributed by atoms with E-state index in [2.05, 4.69) is 49.2 Å². The Labute approximate surface area is 189 Å². The largest absolute Gasteiger partial charge is 0.355 e. The summed E-state index contributed by atoms with van der Waals surface area (Å²) in [5, 5.41) is 12.8. The molecule has 0 unspecified atom stereocenters. The van der Waals surface area contributed by atoms with Gasteiger partial charge in [0.15, 0.2) is 5.16 Å². The molecule has 31 heavy (non-hydrogen) atoms. The van der Waals surface area contributed by atoms with Crippen molar-refractivity contribution < 1.29 is 4.79 Å². The van der Waals surface area contributed by atoms with E-state index >= 15 is 0 Å². The van der Waals surface area contributed by atoms with Gasteiger partial charge in [-0.05, 0) is 44.6 Å². The van der Waals surface area contributed by atoms with Gasteiger partial charge in [-0.15, -0.1) is 10.2 Å². The Morgan fingerprint density at radius 2 is 1.71 bits per heavy atom. The van der Waals surface area contributed by atoms with Gasteiger partial charge in [0.25, 0.3) is 0 Å². The fraction of sp³-hybridized carbons (Fsp3) is 0.375. The third-order valence-corrected chi connectivity index (χ3v) is 5.85. The molecule has 1 amide bonds. The second-order valence-corrected chi connectivity index (χ2v) is 8.75. The summed E-state index contributed by atoms with van der Waals surface area (Å²) in [5.41, 5.74) is 2.28. The number of hydrogen-bond donors (Lipinski definition) is 1. The molecule has 1 aromatic heterocycles. The number of carbonyl (C=O) groups excluding carboxylic acids is 1. The molecule has 6 nitrogen and oxygen atoms in total. The van der Waals surface area contributed by atoms with Crippen LogP contribution in [0.4, 0.5) is 0 Å². The molecule has 7 heteroatoms. The Hall–Kier alpha value is -2.64. The number of thioether (sulfide) groups is 1. The van der Waals surface area contributed by atoms with Crippen LogP contribution in [0, 0.1) is 0 Å². The number of para-hydroxylation sites is 1. The standard InChI is InChI=1S/C24H31N5OS/c1-28(2)17-16-25-23(30)15-9-10-18-31-24-27-26-22(19-20-11-5-3-6-12-20)29(24)21-13-7-4-8-14-21/h3-8,11-14H,9-10,15-19H2,1-2H3,(H,25,30). The fourth-order valence-electron chi connectivity index (χ4n) is 3.18. The van der Waals surface area contributed by atoms with Gasteiger partial charge in [-0.2, -0.15) is 0 Å². The number of likely N-dealkylation sites (N-methyl/N-ethyl adjacent to an activating group) is 1. The number of aromatic nitrogens is 3. The van der Waals surface area contributed by atoms with Gasteiger partial charge in [-0.1, -0.05) is 60.3 Å². The maximum absolute atomic E-state index is 11.9. The number of unbranched alkanes of at least 4 members (excludes halogenated alkanes) is 1. The van der Waals surface area contributed by atoms with Crippen LogP contribution in [0.15, 0.2) is 65.8 Å². The first kappa shape index (κ1) is 23.0. The smallest absolute Gasteiger partial charge is 0.220 e. The minimum atomic E-state index is 0.129. The number of hydrogen-bond acceptors (Lipinski definition) is 5. The van der Waals surface area contributed by atoms with E-state index in [1.807, 2.05) is 50.5 Å². The van der Waals surface area contributed by atoms with Crippen LogP contribution in [-0.2, 0) is 11.2 Å². The predicted molar refractivity (Wildman–Crippen MR) is 127 cm³/mol. The highest BCUT2D eigenvalue weighted by atomic mass is 32.2. The lowest BCUT2D eigenvalue weighted by Crippen LogP contribution is -2.31. The molecular weight excluding hydrogens is 406 g/mol. The predicted octanol–water partition coefficient (Wildman–Crippen LogP) is 3.80. The number of benzene rings is 2. The summed E-state index contributed by atoms with van der Waals surface area (Å²) in [6.07, 6.45) is 3.13. The quantitative estimate of drug-likeness (QED) is 0.345. The first-order chi connectivity index (χ1) is 15.1. The lowest BCUT2D eigenvalue weighted by Gasteiger charge is -2.11. The zero-order valence-corrected chi connectivity index (χ0v) is 19.1. The van der Waals surface area contributed by atoms with Gasteiger partial charge in [-0.3, -0.25) is 9.36 Å². The molecule has 1 heterocycles. The molecule has 0 saturated carbocycles. The van der Waals surface area contributed by atoms with Gasteiger partial charge in [0.1, 0.15) is 5.82 Å². The zero-order valence-electron chi connectivity index (χ0n) is 18.3. The van der Waals surface area contributed by atoms with Crippen molar-refractivity contribution in [3.05, 3.63) is 72.1 Å². The molecule has 0 atom stereocenters. The van der Waals surface area contributed by atoms with E-state index in [1.165, 1.54) is 5.56 Å². The van der Waals surface area contributed by atoms with Crippen LogP contribution in [0.25, 0.3) is 5.69 Å². The van der Waals surface area contributed by atoms with E-state index in [4.69, 9.17) is 0 Å². The van der Waals surface area contributed by atoms with Gasteiger partial charge in [0, 0.05) is 37.4 Å². The second kappa shape index (κ2) is 12.3. The third kappa shape index (κ3) is 7.52. The van der Waals surface area contributed by atoms with Crippen molar-refractivity contribution in [2.45, 2.75) is 30.8 Å². The molecule has 2 aromatic carbocycles. The lowest BCUT2D eigenvalue weighted by molar-refractivity contribution is -0.121. The Morgan fingerprint density at radius 1 is 1.00 bits per heavy atom. The minimum Gasteiger partial charge on any atom is -0.355 e. The highest BCUT2D eigenvalue weighted by molar-refractivity contribution is 7.99. The van der Waals surface area contributed by atoms with Crippen molar-refractivity contribution in [2.24, 2.45) is 0 Å². The van der Waals surface area contributed by atoms with Crippen molar-refractivity contribution in [3.8, 4) is 5.69 Å². The molecule has 0 aliphatic heterocycles. The first-order valence-electron chi connectivity index (χ1n) is 10.7. The highest BCUT2D eigenvalue weighted by Gasteiger charge is 2.14. The molecule has 164 valence electrons. The Morgan fingerprint density at radius 3 is 2.42 bits per heavy atom. The Kier molecular flexibility index (Phi) is 9.12. The van der Waals surface area contributed by atoms with E-state index in [9.17, 15) is 4.79 Å². The average molecular weight is 438 g/mol. The summed E-state index contributed by atoms with van der Waals surface area (Å²) < 4.78 is 2.14. The van der Waals surface area contributed by atoms with Crippen LogP contribution in [0.2, 0.25) is 0 Å². The van der Waals surface area contributed by atoms with Crippen LogP contribution in [0.1, 0.15) is 30.7 Å². The SMILES string of the molecule is CN(C)CCNC(=O)CCCCSc1nnc(Cc2ccccc2)n1-c1ccccc1. The maximum Gasteiger partial charge on any atom is 0.220 e. The molecule has 3 aromatic rings. The zero-order chi connectivity index (χ0) is 21.9. The van der Waals surface area contributed by atoms with Gasteiger partial charge in [0.05, 0.1) is 0 Å². The maximum atomic E-state index is 11.9. The highest BCUT2D eigenvalue weighted by Crippen LogP contribution is 2.24. The van der Waals surface area contributed by atoms with Crippen LogP contribution >= 0.6 is 11.8 Å². The van der Waals surface area contributed by atoms with Crippen LogP contribution in [-0.4, -0.2) is 58.5 Å².